The number of rotatable bonds is 9. The molecule has 2 aromatic carbocycles. The molecule has 0 amide bonds. The Kier molecular flexibility index (Phi) is 6.87. The largest absolute Gasteiger partial charge is 0.497 e. The minimum Gasteiger partial charge on any atom is -0.497 e. The van der Waals surface area contributed by atoms with Crippen LogP contribution in [0.25, 0.3) is 17.0 Å². The minimum atomic E-state index is -3.79. The van der Waals surface area contributed by atoms with Gasteiger partial charge in [-0.05, 0) is 55.0 Å². The first-order valence-electron chi connectivity index (χ1n) is 10.2. The van der Waals surface area contributed by atoms with E-state index in [2.05, 4.69) is 20.0 Å². The number of sulfonamides is 1. The maximum Gasteiger partial charge on any atom is 0.241 e. The molecule has 0 aliphatic rings. The van der Waals surface area contributed by atoms with Gasteiger partial charge in [0.05, 0.1) is 24.1 Å². The standard InChI is InChI=1S/C22H22ClN5O5S/c1-14-12-18(32-3)17(23)13-19(14)34(29,30)24-10-11-33-21-9-8-20-25-26-22(28(20)27-21)15-4-6-16(31-2)7-5-15/h4-9,12-13,24H,10-11H2,1-3H3. The van der Waals surface area contributed by atoms with Gasteiger partial charge < -0.3 is 14.2 Å². The fraction of sp³-hybridized carbons (Fsp3) is 0.227. The summed E-state index contributed by atoms with van der Waals surface area (Å²) in [6, 6.07) is 13.6. The Morgan fingerprint density at radius 3 is 2.50 bits per heavy atom. The molecule has 2 heterocycles. The van der Waals surface area contributed by atoms with Crippen LogP contribution in [0.1, 0.15) is 5.56 Å². The van der Waals surface area contributed by atoms with Crippen molar-refractivity contribution in [3.63, 3.8) is 0 Å². The molecule has 0 saturated heterocycles. The maximum atomic E-state index is 12.7. The summed E-state index contributed by atoms with van der Waals surface area (Å²) in [6.07, 6.45) is 0. The predicted octanol–water partition coefficient (Wildman–Crippen LogP) is 3.13. The number of fused-ring (bicyclic) bond motifs is 1. The van der Waals surface area contributed by atoms with Gasteiger partial charge in [0, 0.05) is 18.2 Å². The lowest BCUT2D eigenvalue weighted by atomic mass is 10.2. The van der Waals surface area contributed by atoms with Gasteiger partial charge in [-0.3, -0.25) is 0 Å². The van der Waals surface area contributed by atoms with E-state index in [-0.39, 0.29) is 23.1 Å². The van der Waals surface area contributed by atoms with Gasteiger partial charge in [0.25, 0.3) is 0 Å². The van der Waals surface area contributed by atoms with Crippen LogP contribution in [0.3, 0.4) is 0 Å². The molecule has 34 heavy (non-hydrogen) atoms. The highest BCUT2D eigenvalue weighted by atomic mass is 35.5. The van der Waals surface area contributed by atoms with Crippen LogP contribution in [0.5, 0.6) is 17.4 Å². The van der Waals surface area contributed by atoms with Crippen LogP contribution in [0.4, 0.5) is 0 Å². The summed E-state index contributed by atoms with van der Waals surface area (Å²) in [5.74, 6) is 1.97. The molecule has 0 atom stereocenters. The molecule has 12 heteroatoms. The number of nitrogens with zero attached hydrogens (tertiary/aromatic N) is 4. The first-order chi connectivity index (χ1) is 16.3. The van der Waals surface area contributed by atoms with Crippen molar-refractivity contribution in [1.82, 2.24) is 24.5 Å². The molecule has 4 rings (SSSR count). The molecule has 2 aromatic heterocycles. The average Bonchev–Trinajstić information content (AvgIpc) is 3.26. The molecular weight excluding hydrogens is 482 g/mol. The molecule has 0 saturated carbocycles. The van der Waals surface area contributed by atoms with E-state index < -0.39 is 10.0 Å². The first kappa shape index (κ1) is 23.7. The fourth-order valence-electron chi connectivity index (χ4n) is 3.26. The van der Waals surface area contributed by atoms with Crippen LogP contribution < -0.4 is 18.9 Å². The van der Waals surface area contributed by atoms with E-state index in [0.29, 0.717) is 28.7 Å². The zero-order valence-corrected chi connectivity index (χ0v) is 20.2. The monoisotopic (exact) mass is 503 g/mol. The van der Waals surface area contributed by atoms with Crippen LogP contribution in [0.15, 0.2) is 53.4 Å². The van der Waals surface area contributed by atoms with Gasteiger partial charge in [-0.15, -0.1) is 15.3 Å². The second kappa shape index (κ2) is 9.84. The summed E-state index contributed by atoms with van der Waals surface area (Å²) >= 11 is 6.09. The maximum absolute atomic E-state index is 12.7. The second-order valence-electron chi connectivity index (χ2n) is 7.19. The van der Waals surface area contributed by atoms with Crippen LogP contribution in [0, 0.1) is 6.92 Å². The number of benzene rings is 2. The van der Waals surface area contributed by atoms with Gasteiger partial charge in [-0.2, -0.15) is 4.52 Å². The van der Waals surface area contributed by atoms with E-state index >= 15 is 0 Å². The highest BCUT2D eigenvalue weighted by molar-refractivity contribution is 7.89. The highest BCUT2D eigenvalue weighted by Crippen LogP contribution is 2.30. The van der Waals surface area contributed by atoms with Crippen LogP contribution in [-0.4, -0.2) is 55.6 Å². The van der Waals surface area contributed by atoms with Gasteiger partial charge in [-0.1, -0.05) is 11.6 Å². The average molecular weight is 504 g/mol. The van der Waals surface area contributed by atoms with Crippen molar-refractivity contribution in [2.75, 3.05) is 27.4 Å². The normalized spacial score (nSPS) is 11.5. The SMILES string of the molecule is COc1ccc(-c2nnc3ccc(OCCNS(=O)(=O)c4cc(Cl)c(OC)cc4C)nn23)cc1. The molecule has 0 bridgehead atoms. The van der Waals surface area contributed by atoms with Gasteiger partial charge in [-0.25, -0.2) is 13.1 Å². The third-order valence-electron chi connectivity index (χ3n) is 4.97. The van der Waals surface area contributed by atoms with Crippen molar-refractivity contribution in [2.24, 2.45) is 0 Å². The van der Waals surface area contributed by atoms with E-state index in [9.17, 15) is 8.42 Å². The van der Waals surface area contributed by atoms with E-state index in [4.69, 9.17) is 25.8 Å². The summed E-state index contributed by atoms with van der Waals surface area (Å²) in [5.41, 5.74) is 1.87. The predicted molar refractivity (Wildman–Crippen MR) is 126 cm³/mol. The number of nitrogens with one attached hydrogen (secondary N) is 1. The van der Waals surface area contributed by atoms with Crippen molar-refractivity contribution in [3.05, 3.63) is 59.1 Å². The molecule has 4 aromatic rings. The van der Waals surface area contributed by atoms with Gasteiger partial charge in [0.15, 0.2) is 11.5 Å². The van der Waals surface area contributed by atoms with E-state index in [1.165, 1.54) is 13.2 Å². The van der Waals surface area contributed by atoms with Crippen LogP contribution in [0.2, 0.25) is 5.02 Å². The van der Waals surface area contributed by atoms with Gasteiger partial charge >= 0.3 is 0 Å². The zero-order chi connectivity index (χ0) is 24.3. The number of hydrogen-bond acceptors (Lipinski definition) is 8. The summed E-state index contributed by atoms with van der Waals surface area (Å²) in [6.45, 7) is 1.75. The van der Waals surface area contributed by atoms with Gasteiger partial charge in [0.1, 0.15) is 18.1 Å². The number of aromatic nitrogens is 4. The summed E-state index contributed by atoms with van der Waals surface area (Å²) < 4.78 is 45.4. The molecule has 1 N–H and O–H groups in total. The molecule has 0 aliphatic heterocycles. The summed E-state index contributed by atoms with van der Waals surface area (Å²) in [4.78, 5) is 0.0754. The lowest BCUT2D eigenvalue weighted by Crippen LogP contribution is -2.29. The molecular formula is C22H22ClN5O5S. The van der Waals surface area contributed by atoms with Crippen LogP contribution in [-0.2, 0) is 10.0 Å². The number of methoxy groups -OCH3 is 2. The van der Waals surface area contributed by atoms with Crippen molar-refractivity contribution in [1.29, 1.82) is 0 Å². The van der Waals surface area contributed by atoms with E-state index in [1.807, 2.05) is 24.3 Å². The Balaban J connectivity index is 1.43. The molecule has 0 aliphatic carbocycles. The summed E-state index contributed by atoms with van der Waals surface area (Å²) in [7, 11) is -0.728. The van der Waals surface area contributed by atoms with E-state index in [1.54, 1.807) is 36.7 Å². The third-order valence-corrected chi connectivity index (χ3v) is 6.87. The number of aryl methyl sites for hydroxylation is 1. The Labute approximate surface area is 201 Å². The number of halogens is 1. The smallest absolute Gasteiger partial charge is 0.241 e. The Bertz CT molecular complexity index is 1420. The van der Waals surface area contributed by atoms with E-state index in [0.717, 1.165) is 11.3 Å². The number of ether oxygens (including phenoxy) is 3. The van der Waals surface area contributed by atoms with Crippen molar-refractivity contribution in [2.45, 2.75) is 11.8 Å². The molecule has 178 valence electrons. The minimum absolute atomic E-state index is 0.0264. The summed E-state index contributed by atoms with van der Waals surface area (Å²) in [5, 5.41) is 12.9. The Hall–Kier alpha value is -3.41. The third kappa shape index (κ3) is 4.91. The topological polar surface area (TPSA) is 117 Å². The molecule has 0 fully saturated rings. The van der Waals surface area contributed by atoms with Crippen LogP contribution >= 0.6 is 11.6 Å². The van der Waals surface area contributed by atoms with Crippen molar-refractivity contribution >= 4 is 27.3 Å². The molecule has 0 radical (unpaired) electrons. The first-order valence-corrected chi connectivity index (χ1v) is 12.0. The quantitative estimate of drug-likeness (QED) is 0.346. The molecule has 10 nitrogen and oxygen atoms in total. The lowest BCUT2D eigenvalue weighted by molar-refractivity contribution is 0.306. The molecule has 0 spiro atoms. The Morgan fingerprint density at radius 1 is 1.03 bits per heavy atom. The Morgan fingerprint density at radius 2 is 1.79 bits per heavy atom. The second-order valence-corrected chi connectivity index (χ2v) is 9.33. The highest BCUT2D eigenvalue weighted by Gasteiger charge is 2.19. The van der Waals surface area contributed by atoms with Crippen molar-refractivity contribution in [3.8, 4) is 28.8 Å². The van der Waals surface area contributed by atoms with Gasteiger partial charge in [0.2, 0.25) is 15.9 Å². The van der Waals surface area contributed by atoms with Crippen molar-refractivity contribution < 1.29 is 22.6 Å². The number of hydrogen-bond donors (Lipinski definition) is 1. The lowest BCUT2D eigenvalue weighted by Gasteiger charge is -2.12. The fourth-order valence-corrected chi connectivity index (χ4v) is 4.83. The molecule has 0 unspecified atom stereocenters. The zero-order valence-electron chi connectivity index (χ0n) is 18.6.